The third kappa shape index (κ3) is 2.23. The molecule has 1 aromatic carbocycles. The lowest BCUT2D eigenvalue weighted by molar-refractivity contribution is 0.102. The first-order chi connectivity index (χ1) is 9.79. The fourth-order valence-electron chi connectivity index (χ4n) is 2.57. The molecular weight excluding hydrogens is 250 g/mol. The van der Waals surface area contributed by atoms with Crippen LogP contribution in [0.15, 0.2) is 48.3 Å². The highest BCUT2D eigenvalue weighted by atomic mass is 16.5. The number of rotatable bonds is 2. The number of carbonyl (C=O) groups excluding carboxylic acids is 1. The van der Waals surface area contributed by atoms with Gasteiger partial charge in [-0.15, -0.1) is 0 Å². The van der Waals surface area contributed by atoms with Gasteiger partial charge < -0.3 is 4.74 Å². The number of ketones is 1. The van der Waals surface area contributed by atoms with Crippen LogP contribution < -0.4 is 4.74 Å². The van der Waals surface area contributed by atoms with Crippen molar-refractivity contribution in [3.05, 3.63) is 65.0 Å². The first-order valence-electron chi connectivity index (χ1n) is 6.61. The minimum atomic E-state index is 0.0917. The summed E-state index contributed by atoms with van der Waals surface area (Å²) in [7, 11) is 1.64. The minimum absolute atomic E-state index is 0.0917. The summed E-state index contributed by atoms with van der Waals surface area (Å²) in [6.45, 7) is 0. The summed E-state index contributed by atoms with van der Waals surface area (Å²) >= 11 is 0. The number of pyridine rings is 1. The smallest absolute Gasteiger partial charge is 0.189 e. The van der Waals surface area contributed by atoms with Crippen LogP contribution in [0.5, 0.6) is 5.75 Å². The van der Waals surface area contributed by atoms with Gasteiger partial charge in [-0.1, -0.05) is 18.2 Å². The Morgan fingerprint density at radius 2 is 2.10 bits per heavy atom. The maximum absolute atomic E-state index is 12.5. The van der Waals surface area contributed by atoms with Crippen molar-refractivity contribution in [2.75, 3.05) is 7.11 Å². The molecule has 1 aliphatic rings. The molecule has 100 valence electrons. The lowest BCUT2D eigenvalue weighted by Gasteiger charge is -2.19. The average Bonchev–Trinajstić information content (AvgIpc) is 2.51. The fourth-order valence-corrected chi connectivity index (χ4v) is 2.57. The van der Waals surface area contributed by atoms with E-state index < -0.39 is 0 Å². The molecule has 3 rings (SSSR count). The monoisotopic (exact) mass is 265 g/mol. The highest BCUT2D eigenvalue weighted by Gasteiger charge is 2.24. The summed E-state index contributed by atoms with van der Waals surface area (Å²) in [5, 5.41) is 0. The Hall–Kier alpha value is -2.42. The van der Waals surface area contributed by atoms with Crippen molar-refractivity contribution in [3.63, 3.8) is 0 Å². The van der Waals surface area contributed by atoms with E-state index in [0.29, 0.717) is 0 Å². The highest BCUT2D eigenvalue weighted by molar-refractivity contribution is 6.13. The quantitative estimate of drug-likeness (QED) is 0.782. The standard InChI is InChI=1S/C17H15NO2/c1-20-16-6-2-5-15-14(16)8-7-13(17(15)19)10-12-4-3-9-18-11-12/h2-6,9-11H,7-8H2,1H3. The van der Waals surface area contributed by atoms with E-state index >= 15 is 0 Å². The summed E-state index contributed by atoms with van der Waals surface area (Å²) in [5.74, 6) is 0.894. The molecule has 0 unspecified atom stereocenters. The van der Waals surface area contributed by atoms with Crippen molar-refractivity contribution < 1.29 is 9.53 Å². The summed E-state index contributed by atoms with van der Waals surface area (Å²) in [4.78, 5) is 16.6. The van der Waals surface area contributed by atoms with Gasteiger partial charge in [0.05, 0.1) is 7.11 Å². The Labute approximate surface area is 117 Å². The van der Waals surface area contributed by atoms with Crippen molar-refractivity contribution in [1.29, 1.82) is 0 Å². The van der Waals surface area contributed by atoms with E-state index in [9.17, 15) is 4.79 Å². The first-order valence-corrected chi connectivity index (χ1v) is 6.61. The molecule has 0 atom stereocenters. The third-order valence-electron chi connectivity index (χ3n) is 3.56. The van der Waals surface area contributed by atoms with Crippen LogP contribution >= 0.6 is 0 Å². The number of benzene rings is 1. The number of nitrogens with zero attached hydrogens (tertiary/aromatic N) is 1. The van der Waals surface area contributed by atoms with E-state index in [0.717, 1.165) is 40.9 Å². The molecule has 3 nitrogen and oxygen atoms in total. The summed E-state index contributed by atoms with van der Waals surface area (Å²) in [5.41, 5.74) is 3.56. The summed E-state index contributed by atoms with van der Waals surface area (Å²) < 4.78 is 5.33. The molecule has 0 N–H and O–H groups in total. The average molecular weight is 265 g/mol. The number of ether oxygens (including phenoxy) is 1. The number of Topliss-reactive ketones (excluding diaryl/α,β-unsaturated/α-hetero) is 1. The molecule has 3 heteroatoms. The van der Waals surface area contributed by atoms with Gasteiger partial charge in [0.25, 0.3) is 0 Å². The van der Waals surface area contributed by atoms with E-state index in [1.54, 1.807) is 19.5 Å². The minimum Gasteiger partial charge on any atom is -0.496 e. The van der Waals surface area contributed by atoms with Crippen LogP contribution in [0.25, 0.3) is 6.08 Å². The Kier molecular flexibility index (Phi) is 3.33. The fraction of sp³-hybridized carbons (Fsp3) is 0.176. The SMILES string of the molecule is COc1cccc2c1CCC(=Cc1cccnc1)C2=O. The molecule has 0 saturated carbocycles. The van der Waals surface area contributed by atoms with Crippen LogP contribution in [0.3, 0.4) is 0 Å². The number of methoxy groups -OCH3 is 1. The number of hydrogen-bond acceptors (Lipinski definition) is 3. The number of fused-ring (bicyclic) bond motifs is 1. The van der Waals surface area contributed by atoms with Gasteiger partial charge in [-0.05, 0) is 36.6 Å². The summed E-state index contributed by atoms with van der Waals surface area (Å²) in [6.07, 6.45) is 6.99. The van der Waals surface area contributed by atoms with Gasteiger partial charge in [0.2, 0.25) is 0 Å². The van der Waals surface area contributed by atoms with Crippen LogP contribution in [0.2, 0.25) is 0 Å². The lowest BCUT2D eigenvalue weighted by Crippen LogP contribution is -2.15. The molecule has 0 bridgehead atoms. The van der Waals surface area contributed by atoms with E-state index in [1.807, 2.05) is 36.4 Å². The highest BCUT2D eigenvalue weighted by Crippen LogP contribution is 2.32. The van der Waals surface area contributed by atoms with Crippen molar-refractivity contribution in [2.45, 2.75) is 12.8 Å². The maximum Gasteiger partial charge on any atom is 0.189 e. The zero-order chi connectivity index (χ0) is 13.9. The predicted octanol–water partition coefficient (Wildman–Crippen LogP) is 3.30. The molecule has 2 aromatic rings. The van der Waals surface area contributed by atoms with Crippen LogP contribution in [-0.2, 0) is 6.42 Å². The molecule has 20 heavy (non-hydrogen) atoms. The van der Waals surface area contributed by atoms with Crippen LogP contribution in [0, 0.1) is 0 Å². The lowest BCUT2D eigenvalue weighted by atomic mass is 9.85. The second-order valence-corrected chi connectivity index (χ2v) is 4.77. The van der Waals surface area contributed by atoms with Crippen LogP contribution in [-0.4, -0.2) is 17.9 Å². The number of carbonyl (C=O) groups is 1. The van der Waals surface area contributed by atoms with Crippen molar-refractivity contribution >= 4 is 11.9 Å². The zero-order valence-corrected chi connectivity index (χ0v) is 11.3. The molecular formula is C17H15NO2. The Morgan fingerprint density at radius 3 is 2.85 bits per heavy atom. The number of hydrogen-bond donors (Lipinski definition) is 0. The molecule has 0 saturated heterocycles. The van der Waals surface area contributed by atoms with E-state index in [-0.39, 0.29) is 5.78 Å². The molecule has 0 aliphatic heterocycles. The van der Waals surface area contributed by atoms with E-state index in [2.05, 4.69) is 4.98 Å². The van der Waals surface area contributed by atoms with Crippen molar-refractivity contribution in [2.24, 2.45) is 0 Å². The topological polar surface area (TPSA) is 39.2 Å². The number of aromatic nitrogens is 1. The molecule has 1 aromatic heterocycles. The molecule has 0 fully saturated rings. The van der Waals surface area contributed by atoms with E-state index in [1.165, 1.54) is 0 Å². The normalized spacial score (nSPS) is 16.1. The molecule has 1 heterocycles. The largest absolute Gasteiger partial charge is 0.496 e. The van der Waals surface area contributed by atoms with Crippen molar-refractivity contribution in [3.8, 4) is 5.75 Å². The van der Waals surface area contributed by atoms with Gasteiger partial charge >= 0.3 is 0 Å². The second kappa shape index (κ2) is 5.29. The second-order valence-electron chi connectivity index (χ2n) is 4.77. The van der Waals surface area contributed by atoms with Gasteiger partial charge in [0.15, 0.2) is 5.78 Å². The molecule has 0 radical (unpaired) electrons. The molecule has 1 aliphatic carbocycles. The van der Waals surface area contributed by atoms with Gasteiger partial charge in [-0.3, -0.25) is 9.78 Å². The van der Waals surface area contributed by atoms with Crippen molar-refractivity contribution in [1.82, 2.24) is 4.98 Å². The van der Waals surface area contributed by atoms with Crippen LogP contribution in [0.4, 0.5) is 0 Å². The Morgan fingerprint density at radius 1 is 1.20 bits per heavy atom. The number of allylic oxidation sites excluding steroid dienone is 1. The Balaban J connectivity index is 2.00. The van der Waals surface area contributed by atoms with E-state index in [4.69, 9.17) is 4.74 Å². The third-order valence-corrected chi connectivity index (χ3v) is 3.56. The van der Waals surface area contributed by atoms with Gasteiger partial charge in [0.1, 0.15) is 5.75 Å². The summed E-state index contributed by atoms with van der Waals surface area (Å²) in [6, 6.07) is 9.46. The van der Waals surface area contributed by atoms with Gasteiger partial charge in [-0.25, -0.2) is 0 Å². The molecule has 0 spiro atoms. The van der Waals surface area contributed by atoms with Crippen LogP contribution in [0.1, 0.15) is 27.9 Å². The zero-order valence-electron chi connectivity index (χ0n) is 11.3. The Bertz CT molecular complexity index is 675. The predicted molar refractivity (Wildman–Crippen MR) is 77.9 cm³/mol. The maximum atomic E-state index is 12.5. The first kappa shape index (κ1) is 12.6. The molecule has 0 amide bonds. The van der Waals surface area contributed by atoms with Gasteiger partial charge in [-0.2, -0.15) is 0 Å². The van der Waals surface area contributed by atoms with Gasteiger partial charge in [0, 0.05) is 29.1 Å².